The zero-order valence-electron chi connectivity index (χ0n) is 11.2. The molecular formula is C13H16N4O2S. The second-order valence-corrected chi connectivity index (χ2v) is 5.91. The van der Waals surface area contributed by atoms with Gasteiger partial charge in [0.05, 0.1) is 0 Å². The van der Waals surface area contributed by atoms with Gasteiger partial charge in [-0.1, -0.05) is 6.07 Å². The van der Waals surface area contributed by atoms with Gasteiger partial charge >= 0.3 is 0 Å². The summed E-state index contributed by atoms with van der Waals surface area (Å²) in [6.07, 6.45) is 4.82. The molecule has 1 atom stereocenters. The fraction of sp³-hybridized carbons (Fsp3) is 0.231. The van der Waals surface area contributed by atoms with Gasteiger partial charge in [-0.3, -0.25) is 4.98 Å². The summed E-state index contributed by atoms with van der Waals surface area (Å²) in [7, 11) is -2.02. The Morgan fingerprint density at radius 3 is 2.60 bits per heavy atom. The van der Waals surface area contributed by atoms with Gasteiger partial charge in [-0.25, -0.2) is 18.1 Å². The largest absolute Gasteiger partial charge is 0.372 e. The highest BCUT2D eigenvalue weighted by molar-refractivity contribution is 7.89. The third-order valence-electron chi connectivity index (χ3n) is 2.81. The summed E-state index contributed by atoms with van der Waals surface area (Å²) in [5, 5.41) is 2.77. The highest BCUT2D eigenvalue weighted by atomic mass is 32.2. The van der Waals surface area contributed by atoms with Crippen LogP contribution in [0.15, 0.2) is 47.8 Å². The smallest absolute Gasteiger partial charge is 0.244 e. The normalized spacial score (nSPS) is 12.9. The zero-order valence-corrected chi connectivity index (χ0v) is 12.1. The molecule has 1 unspecified atom stereocenters. The number of hydrogen-bond donors (Lipinski definition) is 2. The van der Waals surface area contributed by atoms with Gasteiger partial charge in [-0.15, -0.1) is 0 Å². The van der Waals surface area contributed by atoms with Gasteiger partial charge in [0.25, 0.3) is 0 Å². The third kappa shape index (κ3) is 3.12. The molecule has 0 aromatic carbocycles. The lowest BCUT2D eigenvalue weighted by molar-refractivity contribution is 0.566. The Labute approximate surface area is 118 Å². The Balaban J connectivity index is 2.28. The average molecular weight is 292 g/mol. The topological polar surface area (TPSA) is 84.0 Å². The van der Waals surface area contributed by atoms with E-state index >= 15 is 0 Å². The number of pyridine rings is 2. The average Bonchev–Trinajstić information content (AvgIpc) is 2.47. The summed E-state index contributed by atoms with van der Waals surface area (Å²) in [5.74, 6) is 0.318. The van der Waals surface area contributed by atoms with Gasteiger partial charge in [0, 0.05) is 31.7 Å². The van der Waals surface area contributed by atoms with Crippen LogP contribution >= 0.6 is 0 Å². The maximum Gasteiger partial charge on any atom is 0.244 e. The minimum Gasteiger partial charge on any atom is -0.372 e. The highest BCUT2D eigenvalue weighted by Crippen LogP contribution is 2.20. The molecule has 0 radical (unpaired) electrons. The predicted molar refractivity (Wildman–Crippen MR) is 76.8 cm³/mol. The standard InChI is InChI=1S/C13H16N4O2S/c1-10(11-5-3-7-15-9-11)17-20(18,19)12-6-4-8-16-13(12)14-2/h3-10,17H,1-2H3,(H,14,16). The highest BCUT2D eigenvalue weighted by Gasteiger charge is 2.21. The van der Waals surface area contributed by atoms with E-state index in [9.17, 15) is 8.42 Å². The molecular weight excluding hydrogens is 276 g/mol. The lowest BCUT2D eigenvalue weighted by Gasteiger charge is -2.15. The Kier molecular flexibility index (Phi) is 4.31. The molecule has 2 N–H and O–H groups in total. The number of sulfonamides is 1. The number of hydrogen-bond acceptors (Lipinski definition) is 5. The van der Waals surface area contributed by atoms with Crippen molar-refractivity contribution in [3.05, 3.63) is 48.4 Å². The third-order valence-corrected chi connectivity index (χ3v) is 4.39. The maximum atomic E-state index is 12.4. The molecule has 2 aromatic heterocycles. The van der Waals surface area contributed by atoms with E-state index in [2.05, 4.69) is 20.0 Å². The van der Waals surface area contributed by atoms with E-state index in [1.807, 2.05) is 6.07 Å². The Morgan fingerprint density at radius 2 is 1.95 bits per heavy atom. The van der Waals surface area contributed by atoms with E-state index in [-0.39, 0.29) is 10.9 Å². The second-order valence-electron chi connectivity index (χ2n) is 4.23. The summed E-state index contributed by atoms with van der Waals surface area (Å²) in [4.78, 5) is 8.11. The molecule has 6 nitrogen and oxygen atoms in total. The molecule has 2 rings (SSSR count). The first-order valence-electron chi connectivity index (χ1n) is 6.09. The van der Waals surface area contributed by atoms with Gasteiger partial charge in [0.2, 0.25) is 10.0 Å². The molecule has 0 bridgehead atoms. The number of aromatic nitrogens is 2. The van der Waals surface area contributed by atoms with Crippen LogP contribution in [0.25, 0.3) is 0 Å². The minimum absolute atomic E-state index is 0.123. The van der Waals surface area contributed by atoms with E-state index in [4.69, 9.17) is 0 Å². The summed E-state index contributed by atoms with van der Waals surface area (Å²) in [5.41, 5.74) is 0.797. The predicted octanol–water partition coefficient (Wildman–Crippen LogP) is 1.56. The quantitative estimate of drug-likeness (QED) is 0.873. The summed E-state index contributed by atoms with van der Waals surface area (Å²) < 4.78 is 27.4. The fourth-order valence-corrected chi connectivity index (χ4v) is 3.19. The zero-order chi connectivity index (χ0) is 14.6. The van der Waals surface area contributed by atoms with Crippen molar-refractivity contribution in [1.82, 2.24) is 14.7 Å². The van der Waals surface area contributed by atoms with Gasteiger partial charge in [0.1, 0.15) is 10.7 Å². The number of anilines is 1. The van der Waals surface area contributed by atoms with E-state index in [0.717, 1.165) is 5.56 Å². The van der Waals surface area contributed by atoms with Crippen molar-refractivity contribution in [2.75, 3.05) is 12.4 Å². The van der Waals surface area contributed by atoms with E-state index in [1.165, 1.54) is 12.3 Å². The van der Waals surface area contributed by atoms with Gasteiger partial charge in [-0.05, 0) is 30.7 Å². The molecule has 2 aromatic rings. The molecule has 0 spiro atoms. The number of rotatable bonds is 5. The summed E-state index contributed by atoms with van der Waals surface area (Å²) in [6, 6.07) is 6.31. The van der Waals surface area contributed by atoms with Crippen molar-refractivity contribution in [1.29, 1.82) is 0 Å². The second kappa shape index (κ2) is 5.98. The van der Waals surface area contributed by atoms with Crippen molar-refractivity contribution in [2.45, 2.75) is 17.9 Å². The van der Waals surface area contributed by atoms with Crippen molar-refractivity contribution >= 4 is 15.8 Å². The van der Waals surface area contributed by atoms with Crippen LogP contribution in [0, 0.1) is 0 Å². The van der Waals surface area contributed by atoms with Crippen molar-refractivity contribution in [3.63, 3.8) is 0 Å². The minimum atomic E-state index is -3.65. The molecule has 0 saturated carbocycles. The molecule has 106 valence electrons. The van der Waals surface area contributed by atoms with Crippen LogP contribution in [-0.4, -0.2) is 25.4 Å². The molecule has 7 heteroatoms. The van der Waals surface area contributed by atoms with Crippen molar-refractivity contribution < 1.29 is 8.42 Å². The molecule has 0 aliphatic rings. The monoisotopic (exact) mass is 292 g/mol. The number of nitrogens with one attached hydrogen (secondary N) is 2. The van der Waals surface area contributed by atoms with Crippen LogP contribution in [0.4, 0.5) is 5.82 Å². The van der Waals surface area contributed by atoms with Crippen LogP contribution in [0.3, 0.4) is 0 Å². The van der Waals surface area contributed by atoms with Crippen LogP contribution in [-0.2, 0) is 10.0 Å². The Bertz CT molecular complexity index is 674. The molecule has 0 aliphatic carbocycles. The van der Waals surface area contributed by atoms with E-state index in [1.54, 1.807) is 38.5 Å². The van der Waals surface area contributed by atoms with Crippen molar-refractivity contribution in [3.8, 4) is 0 Å². The maximum absolute atomic E-state index is 12.4. The summed E-state index contributed by atoms with van der Waals surface area (Å²) >= 11 is 0. The van der Waals surface area contributed by atoms with Crippen LogP contribution in [0.5, 0.6) is 0 Å². The van der Waals surface area contributed by atoms with Crippen LogP contribution in [0.1, 0.15) is 18.5 Å². The molecule has 2 heterocycles. The molecule has 20 heavy (non-hydrogen) atoms. The first-order valence-corrected chi connectivity index (χ1v) is 7.58. The first-order chi connectivity index (χ1) is 9.54. The van der Waals surface area contributed by atoms with Crippen LogP contribution in [0.2, 0.25) is 0 Å². The Hall–Kier alpha value is -1.99. The van der Waals surface area contributed by atoms with Gasteiger partial charge < -0.3 is 5.32 Å². The molecule has 0 aliphatic heterocycles. The first kappa shape index (κ1) is 14.4. The number of nitrogens with zero attached hydrogens (tertiary/aromatic N) is 2. The van der Waals surface area contributed by atoms with E-state index in [0.29, 0.717) is 5.82 Å². The fourth-order valence-electron chi connectivity index (χ4n) is 1.79. The van der Waals surface area contributed by atoms with Gasteiger partial charge in [0.15, 0.2) is 0 Å². The Morgan fingerprint density at radius 1 is 1.20 bits per heavy atom. The molecule has 0 amide bonds. The SMILES string of the molecule is CNc1ncccc1S(=O)(=O)NC(C)c1cccnc1. The lowest BCUT2D eigenvalue weighted by Crippen LogP contribution is -2.27. The van der Waals surface area contributed by atoms with Crippen molar-refractivity contribution in [2.24, 2.45) is 0 Å². The summed E-state index contributed by atoms with van der Waals surface area (Å²) in [6.45, 7) is 1.77. The van der Waals surface area contributed by atoms with E-state index < -0.39 is 10.0 Å². The molecule has 0 fully saturated rings. The molecule has 0 saturated heterocycles. The van der Waals surface area contributed by atoms with Gasteiger partial charge in [-0.2, -0.15) is 0 Å². The lowest BCUT2D eigenvalue weighted by atomic mass is 10.2. The van der Waals surface area contributed by atoms with Crippen LogP contribution < -0.4 is 10.0 Å².